The van der Waals surface area contributed by atoms with Gasteiger partial charge in [0.25, 0.3) is 0 Å². The summed E-state index contributed by atoms with van der Waals surface area (Å²) < 4.78 is 0. The molecule has 5 heteroatoms. The quantitative estimate of drug-likeness (QED) is 0.832. The number of thioether (sulfide) groups is 1. The average molecular weight is 279 g/mol. The molecule has 1 saturated heterocycles. The molecular formula is C14H21N3OS. The molecule has 2 heterocycles. The number of hydrogen-bond acceptors (Lipinski definition) is 4. The highest BCUT2D eigenvalue weighted by Crippen LogP contribution is 2.20. The molecular weight excluding hydrogens is 258 g/mol. The number of rotatable bonds is 5. The lowest BCUT2D eigenvalue weighted by Gasteiger charge is -2.32. The third-order valence-electron chi connectivity index (χ3n) is 3.38. The van der Waals surface area contributed by atoms with Crippen LogP contribution in [0.2, 0.25) is 0 Å². The smallest absolute Gasteiger partial charge is 0.232 e. The Kier molecular flexibility index (Phi) is 5.66. The number of nitrogens with one attached hydrogen (secondary N) is 1. The van der Waals surface area contributed by atoms with Crippen LogP contribution in [0.15, 0.2) is 29.4 Å². The fourth-order valence-corrected chi connectivity index (χ4v) is 3.20. The first-order chi connectivity index (χ1) is 9.29. The summed E-state index contributed by atoms with van der Waals surface area (Å²) in [5.41, 5.74) is 0. The van der Waals surface area contributed by atoms with Gasteiger partial charge in [-0.15, -0.1) is 11.8 Å². The summed E-state index contributed by atoms with van der Waals surface area (Å²) in [6.45, 7) is 2.81. The van der Waals surface area contributed by atoms with Crippen LogP contribution in [0.1, 0.15) is 12.8 Å². The lowest BCUT2D eigenvalue weighted by atomic mass is 9.98. The Hall–Kier alpha value is -1.07. The molecule has 1 aromatic heterocycles. The number of amides is 1. The number of piperidine rings is 1. The van der Waals surface area contributed by atoms with Gasteiger partial charge in [0.15, 0.2) is 0 Å². The van der Waals surface area contributed by atoms with Gasteiger partial charge in [0, 0.05) is 30.4 Å². The molecule has 0 aromatic carbocycles. The van der Waals surface area contributed by atoms with Crippen molar-refractivity contribution < 1.29 is 4.79 Å². The van der Waals surface area contributed by atoms with Crippen molar-refractivity contribution in [3.8, 4) is 0 Å². The maximum Gasteiger partial charge on any atom is 0.232 e. The SMILES string of the molecule is CNCC1CCCN(C(=O)CSc2ccncc2)C1. The van der Waals surface area contributed by atoms with Crippen LogP contribution in [0.5, 0.6) is 0 Å². The lowest BCUT2D eigenvalue weighted by Crippen LogP contribution is -2.43. The van der Waals surface area contributed by atoms with Crippen LogP contribution in [0, 0.1) is 5.92 Å². The second-order valence-corrected chi connectivity index (χ2v) is 5.93. The van der Waals surface area contributed by atoms with Gasteiger partial charge in [-0.3, -0.25) is 9.78 Å². The lowest BCUT2D eigenvalue weighted by molar-refractivity contribution is -0.130. The summed E-state index contributed by atoms with van der Waals surface area (Å²) in [5, 5.41) is 3.20. The summed E-state index contributed by atoms with van der Waals surface area (Å²) in [4.78, 5) is 19.3. The molecule has 104 valence electrons. The van der Waals surface area contributed by atoms with Crippen LogP contribution in [0.3, 0.4) is 0 Å². The molecule has 0 aliphatic carbocycles. The monoisotopic (exact) mass is 279 g/mol. The number of nitrogens with zero attached hydrogens (tertiary/aromatic N) is 2. The summed E-state index contributed by atoms with van der Waals surface area (Å²) in [7, 11) is 1.97. The van der Waals surface area contributed by atoms with E-state index in [4.69, 9.17) is 0 Å². The van der Waals surface area contributed by atoms with Crippen LogP contribution in [-0.2, 0) is 4.79 Å². The zero-order valence-electron chi connectivity index (χ0n) is 11.3. The molecule has 2 rings (SSSR count). The normalized spacial score (nSPS) is 19.4. The van der Waals surface area contributed by atoms with Gasteiger partial charge >= 0.3 is 0 Å². The first kappa shape index (κ1) is 14.3. The van der Waals surface area contributed by atoms with Crippen molar-refractivity contribution in [1.82, 2.24) is 15.2 Å². The van der Waals surface area contributed by atoms with Gasteiger partial charge in [-0.05, 0) is 44.5 Å². The Morgan fingerprint density at radius 1 is 1.53 bits per heavy atom. The van der Waals surface area contributed by atoms with Gasteiger partial charge in [0.1, 0.15) is 0 Å². The van der Waals surface area contributed by atoms with Crippen LogP contribution in [-0.4, -0.2) is 48.2 Å². The zero-order chi connectivity index (χ0) is 13.5. The number of aromatic nitrogens is 1. The topological polar surface area (TPSA) is 45.2 Å². The third-order valence-corrected chi connectivity index (χ3v) is 4.37. The molecule has 19 heavy (non-hydrogen) atoms. The summed E-state index contributed by atoms with van der Waals surface area (Å²) in [5.74, 6) is 1.38. The second kappa shape index (κ2) is 7.50. The van der Waals surface area contributed by atoms with Gasteiger partial charge in [-0.25, -0.2) is 0 Å². The fraction of sp³-hybridized carbons (Fsp3) is 0.571. The fourth-order valence-electron chi connectivity index (χ4n) is 2.42. The number of carbonyl (C=O) groups is 1. The van der Waals surface area contributed by atoms with Gasteiger partial charge < -0.3 is 10.2 Å². The van der Waals surface area contributed by atoms with Gasteiger partial charge in [-0.1, -0.05) is 0 Å². The molecule has 1 aromatic rings. The maximum atomic E-state index is 12.2. The Morgan fingerprint density at radius 2 is 2.32 bits per heavy atom. The highest BCUT2D eigenvalue weighted by atomic mass is 32.2. The summed E-state index contributed by atoms with van der Waals surface area (Å²) in [6.07, 6.45) is 5.87. The molecule has 1 N–H and O–H groups in total. The summed E-state index contributed by atoms with van der Waals surface area (Å²) >= 11 is 1.59. The van der Waals surface area contributed by atoms with Crippen molar-refractivity contribution in [2.45, 2.75) is 17.7 Å². The number of pyridine rings is 1. The average Bonchev–Trinajstić information content (AvgIpc) is 2.46. The predicted molar refractivity (Wildman–Crippen MR) is 78.2 cm³/mol. The van der Waals surface area contributed by atoms with Crippen LogP contribution in [0.25, 0.3) is 0 Å². The van der Waals surface area contributed by atoms with Gasteiger partial charge in [0.2, 0.25) is 5.91 Å². The maximum absolute atomic E-state index is 12.2. The Morgan fingerprint density at radius 3 is 3.05 bits per heavy atom. The van der Waals surface area contributed by atoms with Crippen molar-refractivity contribution >= 4 is 17.7 Å². The molecule has 4 nitrogen and oxygen atoms in total. The molecule has 0 bridgehead atoms. The van der Waals surface area contributed by atoms with Crippen molar-refractivity contribution in [2.75, 3.05) is 32.4 Å². The minimum Gasteiger partial charge on any atom is -0.342 e. The Balaban J connectivity index is 1.79. The number of hydrogen-bond donors (Lipinski definition) is 1. The van der Waals surface area contributed by atoms with E-state index < -0.39 is 0 Å². The predicted octanol–water partition coefficient (Wildman–Crippen LogP) is 1.63. The van der Waals surface area contributed by atoms with E-state index >= 15 is 0 Å². The first-order valence-electron chi connectivity index (χ1n) is 6.75. The molecule has 1 amide bonds. The van der Waals surface area contributed by atoms with Gasteiger partial charge in [0.05, 0.1) is 5.75 Å². The minimum absolute atomic E-state index is 0.252. The molecule has 1 fully saturated rings. The molecule has 0 saturated carbocycles. The van der Waals surface area contributed by atoms with Gasteiger partial charge in [-0.2, -0.15) is 0 Å². The van der Waals surface area contributed by atoms with E-state index in [1.54, 1.807) is 24.2 Å². The van der Waals surface area contributed by atoms with E-state index in [2.05, 4.69) is 10.3 Å². The Bertz CT molecular complexity index is 397. The number of likely N-dealkylation sites (tertiary alicyclic amines) is 1. The van der Waals surface area contributed by atoms with E-state index in [1.807, 2.05) is 24.1 Å². The molecule has 0 radical (unpaired) electrons. The zero-order valence-corrected chi connectivity index (χ0v) is 12.2. The number of carbonyl (C=O) groups excluding carboxylic acids is 1. The second-order valence-electron chi connectivity index (χ2n) is 4.88. The standard InChI is InChI=1S/C14H21N3OS/c1-15-9-12-3-2-8-17(10-12)14(18)11-19-13-4-6-16-7-5-13/h4-7,12,15H,2-3,8-11H2,1H3. The van der Waals surface area contributed by atoms with Crippen LogP contribution < -0.4 is 5.32 Å². The first-order valence-corrected chi connectivity index (χ1v) is 7.73. The van der Waals surface area contributed by atoms with E-state index in [1.165, 1.54) is 6.42 Å². The van der Waals surface area contributed by atoms with E-state index in [-0.39, 0.29) is 5.91 Å². The summed E-state index contributed by atoms with van der Waals surface area (Å²) in [6, 6.07) is 3.88. The van der Waals surface area contributed by atoms with E-state index in [9.17, 15) is 4.79 Å². The van der Waals surface area contributed by atoms with Crippen LogP contribution in [0.4, 0.5) is 0 Å². The largest absolute Gasteiger partial charge is 0.342 e. The van der Waals surface area contributed by atoms with E-state index in [0.717, 1.165) is 31.0 Å². The van der Waals surface area contributed by atoms with Crippen molar-refractivity contribution in [1.29, 1.82) is 0 Å². The molecule has 1 atom stereocenters. The Labute approximate surface area is 119 Å². The highest BCUT2D eigenvalue weighted by molar-refractivity contribution is 8.00. The van der Waals surface area contributed by atoms with Crippen molar-refractivity contribution in [3.05, 3.63) is 24.5 Å². The molecule has 1 unspecified atom stereocenters. The van der Waals surface area contributed by atoms with Crippen LogP contribution >= 0.6 is 11.8 Å². The minimum atomic E-state index is 0.252. The van der Waals surface area contributed by atoms with Crippen molar-refractivity contribution in [2.24, 2.45) is 5.92 Å². The molecule has 1 aliphatic heterocycles. The highest BCUT2D eigenvalue weighted by Gasteiger charge is 2.22. The molecule has 0 spiro atoms. The molecule has 1 aliphatic rings. The van der Waals surface area contributed by atoms with Crippen molar-refractivity contribution in [3.63, 3.8) is 0 Å². The third kappa shape index (κ3) is 4.51. The van der Waals surface area contributed by atoms with E-state index in [0.29, 0.717) is 11.7 Å².